The Morgan fingerprint density at radius 2 is 1.94 bits per heavy atom. The van der Waals surface area contributed by atoms with Crippen LogP contribution in [-0.2, 0) is 4.79 Å². The van der Waals surface area contributed by atoms with Gasteiger partial charge in [0.2, 0.25) is 5.91 Å². The number of rotatable bonds is 8. The molecule has 1 fully saturated rings. The summed E-state index contributed by atoms with van der Waals surface area (Å²) < 4.78 is 5.92. The van der Waals surface area contributed by atoms with Gasteiger partial charge in [0.25, 0.3) is 0 Å². The van der Waals surface area contributed by atoms with E-state index in [1.54, 1.807) is 12.2 Å². The molecule has 2 aliphatic rings. The van der Waals surface area contributed by atoms with Crippen LogP contribution in [0.15, 0.2) is 60.7 Å². The van der Waals surface area contributed by atoms with Crippen LogP contribution in [0.2, 0.25) is 5.02 Å². The number of halogens is 1. The van der Waals surface area contributed by atoms with E-state index in [-0.39, 0.29) is 12.5 Å². The Labute approximate surface area is 200 Å². The van der Waals surface area contributed by atoms with Crippen molar-refractivity contribution >= 4 is 29.2 Å². The Bertz CT molecular complexity index is 1010. The molecule has 0 bridgehead atoms. The number of nitrogens with zero attached hydrogens (tertiary/aromatic N) is 2. The zero-order valence-corrected chi connectivity index (χ0v) is 19.6. The molecule has 2 aromatic carbocycles. The third-order valence-electron chi connectivity index (χ3n) is 6.13. The molecule has 33 heavy (non-hydrogen) atoms. The van der Waals surface area contributed by atoms with Gasteiger partial charge in [-0.3, -0.25) is 9.69 Å². The third kappa shape index (κ3) is 6.70. The lowest BCUT2D eigenvalue weighted by molar-refractivity contribution is -0.124. The zero-order chi connectivity index (χ0) is 23.0. The lowest BCUT2D eigenvalue weighted by Gasteiger charge is -2.28. The molecule has 174 valence electrons. The van der Waals surface area contributed by atoms with Crippen molar-refractivity contribution in [2.45, 2.75) is 25.4 Å². The number of carbonyl (C=O) groups is 1. The van der Waals surface area contributed by atoms with Crippen molar-refractivity contribution in [3.8, 4) is 5.75 Å². The summed E-state index contributed by atoms with van der Waals surface area (Å²) in [6.45, 7) is 4.08. The predicted octanol–water partition coefficient (Wildman–Crippen LogP) is 4.50. The van der Waals surface area contributed by atoms with Crippen molar-refractivity contribution in [1.29, 1.82) is 0 Å². The van der Waals surface area contributed by atoms with Gasteiger partial charge in [0, 0.05) is 49.4 Å². The van der Waals surface area contributed by atoms with Gasteiger partial charge in [0.1, 0.15) is 18.5 Å². The zero-order valence-electron chi connectivity index (χ0n) is 18.8. The first-order valence-electron chi connectivity index (χ1n) is 11.6. The monoisotopic (exact) mass is 466 g/mol. The first-order chi connectivity index (χ1) is 16.1. The Kier molecular flexibility index (Phi) is 8.21. The number of hydrogen-bond acceptors (Lipinski definition) is 4. The van der Waals surface area contributed by atoms with Crippen molar-refractivity contribution in [1.82, 2.24) is 9.80 Å². The standard InChI is InChI=1S/C27H31ClN2O3/c28-24-8-5-7-23(18-24)21-12-16-29(17-13-21)19-25(31)20-33-26-9-2-1-6-22(26)10-11-27(32)30-14-3-4-15-30/h1-2,5-12,18,25,31H,3-4,13-17,19-20H2. The van der Waals surface area contributed by atoms with Crippen molar-refractivity contribution in [3.63, 3.8) is 0 Å². The van der Waals surface area contributed by atoms with E-state index in [1.807, 2.05) is 47.4 Å². The van der Waals surface area contributed by atoms with E-state index in [1.165, 1.54) is 11.1 Å². The predicted molar refractivity (Wildman–Crippen MR) is 133 cm³/mol. The van der Waals surface area contributed by atoms with Gasteiger partial charge < -0.3 is 14.7 Å². The van der Waals surface area contributed by atoms with Gasteiger partial charge in [-0.05, 0) is 54.7 Å². The maximum absolute atomic E-state index is 12.3. The van der Waals surface area contributed by atoms with Gasteiger partial charge in [-0.1, -0.05) is 48.0 Å². The van der Waals surface area contributed by atoms with Crippen LogP contribution in [0, 0.1) is 0 Å². The minimum atomic E-state index is -0.602. The molecule has 2 aliphatic heterocycles. The van der Waals surface area contributed by atoms with E-state index in [0.29, 0.717) is 12.3 Å². The highest BCUT2D eigenvalue weighted by molar-refractivity contribution is 6.30. The van der Waals surface area contributed by atoms with Crippen LogP contribution in [0.3, 0.4) is 0 Å². The molecule has 1 unspecified atom stereocenters. The quantitative estimate of drug-likeness (QED) is 0.582. The number of carbonyl (C=O) groups excluding carboxylic acids is 1. The first-order valence-corrected chi connectivity index (χ1v) is 12.0. The lowest BCUT2D eigenvalue weighted by atomic mass is 9.99. The Morgan fingerprint density at radius 1 is 1.12 bits per heavy atom. The van der Waals surface area contributed by atoms with Crippen LogP contribution in [0.4, 0.5) is 0 Å². The minimum Gasteiger partial charge on any atom is -0.490 e. The van der Waals surface area contributed by atoms with E-state index >= 15 is 0 Å². The summed E-state index contributed by atoms with van der Waals surface area (Å²) in [5.41, 5.74) is 3.30. The average molecular weight is 467 g/mol. The average Bonchev–Trinajstić information content (AvgIpc) is 3.37. The number of amides is 1. The number of ether oxygens (including phenoxy) is 1. The molecule has 1 amide bonds. The molecule has 2 aromatic rings. The van der Waals surface area contributed by atoms with E-state index in [4.69, 9.17) is 16.3 Å². The molecule has 0 aliphatic carbocycles. The van der Waals surface area contributed by atoms with Gasteiger partial charge in [-0.2, -0.15) is 0 Å². The number of likely N-dealkylation sites (tertiary alicyclic amines) is 1. The summed E-state index contributed by atoms with van der Waals surface area (Å²) in [5.74, 6) is 0.710. The van der Waals surface area contributed by atoms with Crippen LogP contribution in [0.5, 0.6) is 5.75 Å². The molecule has 6 heteroatoms. The summed E-state index contributed by atoms with van der Waals surface area (Å²) >= 11 is 6.12. The smallest absolute Gasteiger partial charge is 0.246 e. The topological polar surface area (TPSA) is 53.0 Å². The van der Waals surface area contributed by atoms with Crippen molar-refractivity contribution in [3.05, 3.63) is 76.8 Å². The number of aliphatic hydroxyl groups is 1. The number of benzene rings is 2. The van der Waals surface area contributed by atoms with Gasteiger partial charge in [0.05, 0.1) is 0 Å². The number of β-amino-alcohol motifs (C(OH)–C–C–N with tert-alkyl or cyclic N) is 1. The molecule has 2 heterocycles. The van der Waals surface area contributed by atoms with Crippen LogP contribution in [-0.4, -0.2) is 66.2 Å². The van der Waals surface area contributed by atoms with Gasteiger partial charge >= 0.3 is 0 Å². The summed E-state index contributed by atoms with van der Waals surface area (Å²) in [5, 5.41) is 11.3. The van der Waals surface area contributed by atoms with E-state index in [0.717, 1.165) is 56.0 Å². The van der Waals surface area contributed by atoms with Crippen molar-refractivity contribution in [2.75, 3.05) is 39.3 Å². The van der Waals surface area contributed by atoms with E-state index < -0.39 is 6.10 Å². The van der Waals surface area contributed by atoms with Crippen LogP contribution in [0.1, 0.15) is 30.4 Å². The maximum Gasteiger partial charge on any atom is 0.246 e. The molecular weight excluding hydrogens is 436 g/mol. The van der Waals surface area contributed by atoms with Crippen molar-refractivity contribution < 1.29 is 14.6 Å². The summed E-state index contributed by atoms with van der Waals surface area (Å²) in [7, 11) is 0. The number of hydrogen-bond donors (Lipinski definition) is 1. The molecule has 0 spiro atoms. The second-order valence-corrected chi connectivity index (χ2v) is 9.05. The Balaban J connectivity index is 1.27. The largest absolute Gasteiger partial charge is 0.490 e. The van der Waals surface area contributed by atoms with Gasteiger partial charge in [0.15, 0.2) is 0 Å². The SMILES string of the molecule is O=C(C=Cc1ccccc1OCC(O)CN1CC=C(c2cccc(Cl)c2)CC1)N1CCCC1. The minimum absolute atomic E-state index is 0.0395. The molecule has 1 atom stereocenters. The lowest BCUT2D eigenvalue weighted by Crippen LogP contribution is -2.38. The third-order valence-corrected chi connectivity index (χ3v) is 6.37. The summed E-state index contributed by atoms with van der Waals surface area (Å²) in [4.78, 5) is 16.4. The van der Waals surface area contributed by atoms with Crippen LogP contribution < -0.4 is 4.74 Å². The van der Waals surface area contributed by atoms with Gasteiger partial charge in [-0.15, -0.1) is 0 Å². The first kappa shape index (κ1) is 23.6. The molecule has 5 nitrogen and oxygen atoms in total. The molecule has 0 aromatic heterocycles. The highest BCUT2D eigenvalue weighted by atomic mass is 35.5. The molecule has 1 saturated heterocycles. The Morgan fingerprint density at radius 3 is 2.70 bits per heavy atom. The second kappa shape index (κ2) is 11.5. The van der Waals surface area contributed by atoms with Crippen molar-refractivity contribution in [2.24, 2.45) is 0 Å². The highest BCUT2D eigenvalue weighted by Crippen LogP contribution is 2.25. The summed E-state index contributed by atoms with van der Waals surface area (Å²) in [6.07, 6.45) is 8.09. The molecule has 1 N–H and O–H groups in total. The molecule has 0 radical (unpaired) electrons. The second-order valence-electron chi connectivity index (χ2n) is 8.62. The maximum atomic E-state index is 12.3. The number of aliphatic hydroxyl groups excluding tert-OH is 1. The van der Waals surface area contributed by atoms with Crippen LogP contribution >= 0.6 is 11.6 Å². The number of para-hydroxylation sites is 1. The van der Waals surface area contributed by atoms with Crippen LogP contribution in [0.25, 0.3) is 11.6 Å². The molecule has 4 rings (SSSR count). The fourth-order valence-electron chi connectivity index (χ4n) is 4.32. The van der Waals surface area contributed by atoms with E-state index in [9.17, 15) is 9.90 Å². The fraction of sp³-hybridized carbons (Fsp3) is 0.370. The summed E-state index contributed by atoms with van der Waals surface area (Å²) in [6, 6.07) is 15.5. The van der Waals surface area contributed by atoms with E-state index in [2.05, 4.69) is 17.0 Å². The molecule has 0 saturated carbocycles. The highest BCUT2D eigenvalue weighted by Gasteiger charge is 2.18. The Hall–Kier alpha value is -2.60. The molecular formula is C27H31ClN2O3. The normalized spacial score (nSPS) is 17.9. The fourth-order valence-corrected chi connectivity index (χ4v) is 4.51. The van der Waals surface area contributed by atoms with Gasteiger partial charge in [-0.25, -0.2) is 0 Å².